The minimum atomic E-state index is -0.438. The van der Waals surface area contributed by atoms with Gasteiger partial charge in [-0.25, -0.2) is 0 Å². The average molecular weight is 529 g/mol. The van der Waals surface area contributed by atoms with E-state index >= 15 is 0 Å². The van der Waals surface area contributed by atoms with Gasteiger partial charge in [-0.1, -0.05) is 29.5 Å². The number of thiazole rings is 1. The Balaban J connectivity index is 1.35. The van der Waals surface area contributed by atoms with Crippen LogP contribution in [0.15, 0.2) is 53.5 Å². The molecule has 36 heavy (non-hydrogen) atoms. The van der Waals surface area contributed by atoms with E-state index < -0.39 is 5.97 Å². The Bertz CT molecular complexity index is 1300. The second-order valence-corrected chi connectivity index (χ2v) is 10.1. The SMILES string of the molecule is COC(=O)Cn1c(=NC(=O)CSCC(=O)N2CCN(c3ccccc3)CC2)sc2cc(OC)ccc21. The lowest BCUT2D eigenvalue weighted by atomic mass is 10.2. The number of rotatable bonds is 8. The molecule has 0 spiro atoms. The summed E-state index contributed by atoms with van der Waals surface area (Å²) in [6, 6.07) is 15.6. The molecule has 0 unspecified atom stereocenters. The topological polar surface area (TPSA) is 93.4 Å². The fourth-order valence-corrected chi connectivity index (χ4v) is 5.69. The summed E-state index contributed by atoms with van der Waals surface area (Å²) in [5.74, 6) is 0.190. The number of nitrogens with zero attached hydrogens (tertiary/aromatic N) is 4. The maximum atomic E-state index is 12.6. The van der Waals surface area contributed by atoms with Crippen molar-refractivity contribution in [1.29, 1.82) is 0 Å². The summed E-state index contributed by atoms with van der Waals surface area (Å²) in [5.41, 5.74) is 1.92. The Labute approximate surface area is 217 Å². The zero-order chi connectivity index (χ0) is 25.5. The molecule has 0 aliphatic carbocycles. The minimum Gasteiger partial charge on any atom is -0.497 e. The lowest BCUT2D eigenvalue weighted by Gasteiger charge is -2.36. The number of piperazine rings is 1. The number of fused-ring (bicyclic) bond motifs is 1. The number of benzene rings is 2. The van der Waals surface area contributed by atoms with Crippen molar-refractivity contribution in [2.24, 2.45) is 4.99 Å². The van der Waals surface area contributed by atoms with E-state index in [9.17, 15) is 14.4 Å². The molecule has 2 amide bonds. The van der Waals surface area contributed by atoms with Gasteiger partial charge in [0.15, 0.2) is 4.80 Å². The van der Waals surface area contributed by atoms with Crippen LogP contribution in [0.1, 0.15) is 0 Å². The molecule has 0 N–H and O–H groups in total. The van der Waals surface area contributed by atoms with Gasteiger partial charge in [-0.2, -0.15) is 4.99 Å². The van der Waals surface area contributed by atoms with Gasteiger partial charge in [-0.15, -0.1) is 11.8 Å². The van der Waals surface area contributed by atoms with Gasteiger partial charge < -0.3 is 23.8 Å². The van der Waals surface area contributed by atoms with E-state index in [-0.39, 0.29) is 29.9 Å². The molecule has 1 fully saturated rings. The minimum absolute atomic E-state index is 0.0234. The quantitative estimate of drug-likeness (QED) is 0.415. The fourth-order valence-electron chi connectivity index (χ4n) is 3.92. The van der Waals surface area contributed by atoms with Gasteiger partial charge in [0.1, 0.15) is 12.3 Å². The van der Waals surface area contributed by atoms with Crippen LogP contribution in [0.2, 0.25) is 0 Å². The molecule has 190 valence electrons. The summed E-state index contributed by atoms with van der Waals surface area (Å²) < 4.78 is 12.6. The Morgan fingerprint density at radius 3 is 2.44 bits per heavy atom. The number of hydrogen-bond acceptors (Lipinski definition) is 8. The Morgan fingerprint density at radius 2 is 1.75 bits per heavy atom. The van der Waals surface area contributed by atoms with Crippen LogP contribution in [0.4, 0.5) is 5.69 Å². The molecule has 0 bridgehead atoms. The first-order valence-corrected chi connectivity index (χ1v) is 13.4. The van der Waals surface area contributed by atoms with Crippen molar-refractivity contribution in [2.45, 2.75) is 6.54 Å². The van der Waals surface area contributed by atoms with Crippen molar-refractivity contribution in [3.8, 4) is 5.75 Å². The van der Waals surface area contributed by atoms with Gasteiger partial charge in [0, 0.05) is 31.9 Å². The van der Waals surface area contributed by atoms with E-state index in [0.29, 0.717) is 23.6 Å². The lowest BCUT2D eigenvalue weighted by Crippen LogP contribution is -2.49. The normalized spacial score (nSPS) is 14.2. The third-order valence-electron chi connectivity index (χ3n) is 5.83. The van der Waals surface area contributed by atoms with Crippen LogP contribution in [0, 0.1) is 0 Å². The third-order valence-corrected chi connectivity index (χ3v) is 7.77. The van der Waals surface area contributed by atoms with Gasteiger partial charge in [-0.05, 0) is 30.3 Å². The van der Waals surface area contributed by atoms with Gasteiger partial charge in [-0.3, -0.25) is 14.4 Å². The number of anilines is 1. The number of carbonyl (C=O) groups excluding carboxylic acids is 3. The lowest BCUT2D eigenvalue weighted by molar-refractivity contribution is -0.141. The smallest absolute Gasteiger partial charge is 0.325 e. The van der Waals surface area contributed by atoms with Crippen LogP contribution in [0.3, 0.4) is 0 Å². The summed E-state index contributed by atoms with van der Waals surface area (Å²) in [5, 5.41) is 0. The van der Waals surface area contributed by atoms with Crippen LogP contribution in [-0.2, 0) is 25.7 Å². The predicted molar refractivity (Wildman–Crippen MR) is 142 cm³/mol. The molecule has 1 saturated heterocycles. The van der Waals surface area contributed by atoms with Crippen molar-refractivity contribution in [1.82, 2.24) is 9.47 Å². The van der Waals surface area contributed by atoms with Gasteiger partial charge in [0.05, 0.1) is 35.9 Å². The molecule has 1 aromatic heterocycles. The van der Waals surface area contributed by atoms with E-state index in [1.807, 2.05) is 35.2 Å². The van der Waals surface area contributed by atoms with E-state index in [4.69, 9.17) is 9.47 Å². The van der Waals surface area contributed by atoms with E-state index in [0.717, 1.165) is 29.0 Å². The average Bonchev–Trinajstić information content (AvgIpc) is 3.24. The molecule has 0 saturated carbocycles. The van der Waals surface area contributed by atoms with Gasteiger partial charge >= 0.3 is 5.97 Å². The summed E-state index contributed by atoms with van der Waals surface area (Å²) in [7, 11) is 2.89. The first kappa shape index (κ1) is 25.8. The highest BCUT2D eigenvalue weighted by atomic mass is 32.2. The second-order valence-electron chi connectivity index (χ2n) is 8.08. The Hall–Kier alpha value is -3.31. The first-order chi connectivity index (χ1) is 17.5. The van der Waals surface area contributed by atoms with Gasteiger partial charge in [0.2, 0.25) is 5.91 Å². The molecule has 1 aliphatic heterocycles. The molecule has 2 aromatic carbocycles. The molecule has 9 nitrogen and oxygen atoms in total. The van der Waals surface area contributed by atoms with Crippen molar-refractivity contribution in [3.63, 3.8) is 0 Å². The number of para-hydroxylation sites is 1. The fraction of sp³-hybridized carbons (Fsp3) is 0.360. The molecule has 1 aliphatic rings. The van der Waals surface area contributed by atoms with Crippen LogP contribution in [0.25, 0.3) is 10.2 Å². The summed E-state index contributed by atoms with van der Waals surface area (Å²) >= 11 is 2.55. The van der Waals surface area contributed by atoms with E-state index in [2.05, 4.69) is 22.0 Å². The van der Waals surface area contributed by atoms with Crippen LogP contribution in [-0.4, -0.2) is 79.2 Å². The molecule has 11 heteroatoms. The standard InChI is InChI=1S/C25H28N4O5S2/c1-33-19-8-9-20-21(14-19)36-25(29(20)15-24(32)34-2)26-22(30)16-35-17-23(31)28-12-10-27(11-13-28)18-6-4-3-5-7-18/h3-9,14H,10-13,15-17H2,1-2H3. The third kappa shape index (κ3) is 6.27. The number of amides is 2. The zero-order valence-corrected chi connectivity index (χ0v) is 21.8. The molecule has 0 radical (unpaired) electrons. The van der Waals surface area contributed by atoms with E-state index in [1.165, 1.54) is 30.2 Å². The summed E-state index contributed by atoms with van der Waals surface area (Å²) in [6.45, 7) is 2.82. The number of esters is 1. The number of aromatic nitrogens is 1. The number of methoxy groups -OCH3 is 2. The summed E-state index contributed by atoms with van der Waals surface area (Å²) in [4.78, 5) is 45.9. The van der Waals surface area contributed by atoms with Gasteiger partial charge in [0.25, 0.3) is 5.91 Å². The molecular formula is C25H28N4O5S2. The van der Waals surface area contributed by atoms with Crippen molar-refractivity contribution >= 4 is 56.8 Å². The van der Waals surface area contributed by atoms with Crippen molar-refractivity contribution in [3.05, 3.63) is 53.3 Å². The van der Waals surface area contributed by atoms with Crippen LogP contribution < -0.4 is 14.4 Å². The van der Waals surface area contributed by atoms with Crippen LogP contribution >= 0.6 is 23.1 Å². The monoisotopic (exact) mass is 528 g/mol. The number of ether oxygens (including phenoxy) is 2. The maximum absolute atomic E-state index is 12.6. The highest BCUT2D eigenvalue weighted by Crippen LogP contribution is 2.23. The van der Waals surface area contributed by atoms with E-state index in [1.54, 1.807) is 17.7 Å². The molecule has 2 heterocycles. The number of hydrogen-bond donors (Lipinski definition) is 0. The zero-order valence-electron chi connectivity index (χ0n) is 20.2. The number of carbonyl (C=O) groups is 3. The highest BCUT2D eigenvalue weighted by molar-refractivity contribution is 8.00. The maximum Gasteiger partial charge on any atom is 0.325 e. The Morgan fingerprint density at radius 1 is 1.00 bits per heavy atom. The second kappa shape index (κ2) is 12.1. The predicted octanol–water partition coefficient (Wildman–Crippen LogP) is 2.39. The van der Waals surface area contributed by atoms with Crippen molar-refractivity contribution < 1.29 is 23.9 Å². The highest BCUT2D eigenvalue weighted by Gasteiger charge is 2.21. The molecule has 0 atom stereocenters. The largest absolute Gasteiger partial charge is 0.497 e. The molecule has 3 aromatic rings. The van der Waals surface area contributed by atoms with Crippen molar-refractivity contribution in [2.75, 3.05) is 56.8 Å². The molecular weight excluding hydrogens is 500 g/mol. The summed E-state index contributed by atoms with van der Waals surface area (Å²) in [6.07, 6.45) is 0. The first-order valence-electron chi connectivity index (χ1n) is 11.5. The number of thioether (sulfide) groups is 1. The Kier molecular flexibility index (Phi) is 8.65. The molecule has 4 rings (SSSR count). The van der Waals surface area contributed by atoms with Crippen LogP contribution in [0.5, 0.6) is 5.75 Å².